The minimum atomic E-state index is -0.339. The van der Waals surface area contributed by atoms with Gasteiger partial charge < -0.3 is 4.90 Å². The van der Waals surface area contributed by atoms with Crippen LogP contribution in [-0.2, 0) is 13.5 Å². The molecule has 2 aromatic rings. The molecule has 134 valence electrons. The van der Waals surface area contributed by atoms with E-state index in [-0.39, 0.29) is 11.2 Å². The summed E-state index contributed by atoms with van der Waals surface area (Å²) in [6.45, 7) is 5.92. The van der Waals surface area contributed by atoms with Crippen molar-refractivity contribution in [2.45, 2.75) is 46.0 Å². The Hall–Kier alpha value is -2.30. The molecule has 1 fully saturated rings. The monoisotopic (exact) mass is 341 g/mol. The van der Waals surface area contributed by atoms with Gasteiger partial charge in [-0.3, -0.25) is 14.3 Å². The van der Waals surface area contributed by atoms with Crippen LogP contribution >= 0.6 is 0 Å². The molecule has 0 spiro atoms. The van der Waals surface area contributed by atoms with Gasteiger partial charge in [0.2, 0.25) is 0 Å². The number of hydrogen-bond acceptors (Lipinski definition) is 3. The van der Waals surface area contributed by atoms with Gasteiger partial charge in [-0.05, 0) is 32.3 Å². The Morgan fingerprint density at radius 3 is 2.16 bits per heavy atom. The van der Waals surface area contributed by atoms with Gasteiger partial charge in [-0.15, -0.1) is 0 Å². The number of nitrogens with one attached hydrogen (secondary N) is 1. The molecule has 0 atom stereocenters. The summed E-state index contributed by atoms with van der Waals surface area (Å²) in [5.41, 5.74) is 3.64. The van der Waals surface area contributed by atoms with Gasteiger partial charge in [-0.1, -0.05) is 42.2 Å². The standard InChI is InChI=1S/C20H27N3O2/c1-14-10-15(2)12-16(11-14)13-17-18(21-20(25)22(3)19(17)24)23-8-6-4-5-7-9-23/h10-12H,4-9,13H2,1-3H3,(H,21,25). The van der Waals surface area contributed by atoms with Gasteiger partial charge in [0.25, 0.3) is 5.56 Å². The zero-order valence-electron chi connectivity index (χ0n) is 15.4. The van der Waals surface area contributed by atoms with Gasteiger partial charge in [0.15, 0.2) is 0 Å². The maximum absolute atomic E-state index is 12.8. The summed E-state index contributed by atoms with van der Waals surface area (Å²) >= 11 is 0. The van der Waals surface area contributed by atoms with E-state index in [1.165, 1.54) is 28.5 Å². The molecule has 0 amide bonds. The van der Waals surface area contributed by atoms with Crippen molar-refractivity contribution in [3.05, 3.63) is 61.3 Å². The zero-order chi connectivity index (χ0) is 18.0. The van der Waals surface area contributed by atoms with Crippen LogP contribution in [0.25, 0.3) is 0 Å². The predicted molar refractivity (Wildman–Crippen MR) is 102 cm³/mol. The summed E-state index contributed by atoms with van der Waals surface area (Å²) in [7, 11) is 1.54. The van der Waals surface area contributed by atoms with Crippen LogP contribution in [0.15, 0.2) is 27.8 Å². The number of H-pyrrole nitrogens is 1. The highest BCUT2D eigenvalue weighted by atomic mass is 16.2. The Morgan fingerprint density at radius 1 is 0.960 bits per heavy atom. The molecule has 0 aliphatic carbocycles. The maximum Gasteiger partial charge on any atom is 0.329 e. The molecule has 0 bridgehead atoms. The van der Waals surface area contributed by atoms with Gasteiger partial charge in [-0.25, -0.2) is 4.79 Å². The summed E-state index contributed by atoms with van der Waals surface area (Å²) in [6, 6.07) is 6.36. The third-order valence-corrected chi connectivity index (χ3v) is 4.96. The van der Waals surface area contributed by atoms with E-state index >= 15 is 0 Å². The van der Waals surface area contributed by atoms with E-state index in [0.717, 1.165) is 31.5 Å². The third kappa shape index (κ3) is 3.86. The van der Waals surface area contributed by atoms with Gasteiger partial charge >= 0.3 is 5.69 Å². The Bertz CT molecular complexity index is 851. The van der Waals surface area contributed by atoms with Gasteiger partial charge in [0, 0.05) is 26.6 Å². The first-order valence-electron chi connectivity index (χ1n) is 9.10. The number of aryl methyl sites for hydroxylation is 2. The number of benzene rings is 1. The Morgan fingerprint density at radius 2 is 1.56 bits per heavy atom. The topological polar surface area (TPSA) is 58.1 Å². The van der Waals surface area contributed by atoms with Crippen LogP contribution < -0.4 is 16.1 Å². The molecule has 2 heterocycles. The molecular weight excluding hydrogens is 314 g/mol. The largest absolute Gasteiger partial charge is 0.358 e. The fraction of sp³-hybridized carbons (Fsp3) is 0.500. The van der Waals surface area contributed by atoms with Crippen molar-refractivity contribution in [3.8, 4) is 0 Å². The van der Waals surface area contributed by atoms with E-state index in [2.05, 4.69) is 41.9 Å². The first-order valence-corrected chi connectivity index (χ1v) is 9.10. The van der Waals surface area contributed by atoms with Gasteiger partial charge in [0.05, 0.1) is 5.56 Å². The van der Waals surface area contributed by atoms with Crippen LogP contribution in [0.1, 0.15) is 47.9 Å². The van der Waals surface area contributed by atoms with Crippen LogP contribution in [0, 0.1) is 13.8 Å². The lowest BCUT2D eigenvalue weighted by Crippen LogP contribution is -2.39. The van der Waals surface area contributed by atoms with Crippen LogP contribution in [0.2, 0.25) is 0 Å². The number of rotatable bonds is 3. The predicted octanol–water partition coefficient (Wildman–Crippen LogP) is 2.66. The van der Waals surface area contributed by atoms with Crippen LogP contribution in [-0.4, -0.2) is 22.6 Å². The van der Waals surface area contributed by atoms with Crippen LogP contribution in [0.3, 0.4) is 0 Å². The molecule has 1 aromatic carbocycles. The lowest BCUT2D eigenvalue weighted by molar-refractivity contribution is 0.718. The normalized spacial score (nSPS) is 15.2. The Kier molecular flexibility index (Phi) is 5.11. The molecule has 1 aliphatic heterocycles. The highest BCUT2D eigenvalue weighted by Crippen LogP contribution is 2.21. The quantitative estimate of drug-likeness (QED) is 0.934. The lowest BCUT2D eigenvalue weighted by Gasteiger charge is -2.25. The highest BCUT2D eigenvalue weighted by molar-refractivity contribution is 5.48. The van der Waals surface area contributed by atoms with Crippen LogP contribution in [0.4, 0.5) is 5.82 Å². The maximum atomic E-state index is 12.8. The van der Waals surface area contributed by atoms with Crippen molar-refractivity contribution in [3.63, 3.8) is 0 Å². The fourth-order valence-corrected chi connectivity index (χ4v) is 3.76. The molecule has 0 radical (unpaired) electrons. The summed E-state index contributed by atoms with van der Waals surface area (Å²) in [6.07, 6.45) is 5.15. The van der Waals surface area contributed by atoms with E-state index in [0.29, 0.717) is 17.8 Å². The fourth-order valence-electron chi connectivity index (χ4n) is 3.76. The lowest BCUT2D eigenvalue weighted by atomic mass is 10.0. The van der Waals surface area contributed by atoms with Crippen molar-refractivity contribution in [2.24, 2.45) is 7.05 Å². The number of aromatic nitrogens is 2. The molecule has 1 aliphatic rings. The minimum absolute atomic E-state index is 0.192. The van der Waals surface area contributed by atoms with Gasteiger partial charge in [0.1, 0.15) is 5.82 Å². The molecule has 1 aromatic heterocycles. The first kappa shape index (κ1) is 17.5. The zero-order valence-corrected chi connectivity index (χ0v) is 15.4. The average molecular weight is 341 g/mol. The summed E-state index contributed by atoms with van der Waals surface area (Å²) in [5, 5.41) is 0. The molecule has 5 nitrogen and oxygen atoms in total. The van der Waals surface area contributed by atoms with Gasteiger partial charge in [-0.2, -0.15) is 0 Å². The van der Waals surface area contributed by atoms with Crippen molar-refractivity contribution in [1.29, 1.82) is 0 Å². The number of hydrogen-bond donors (Lipinski definition) is 1. The van der Waals surface area contributed by atoms with Crippen LogP contribution in [0.5, 0.6) is 0 Å². The molecular formula is C20H27N3O2. The second-order valence-electron chi connectivity index (χ2n) is 7.20. The van der Waals surface area contributed by atoms with E-state index in [4.69, 9.17) is 0 Å². The first-order chi connectivity index (χ1) is 12.0. The molecule has 25 heavy (non-hydrogen) atoms. The molecule has 1 N–H and O–H groups in total. The van der Waals surface area contributed by atoms with Crippen molar-refractivity contribution in [2.75, 3.05) is 18.0 Å². The summed E-state index contributed by atoms with van der Waals surface area (Å²) < 4.78 is 1.18. The molecule has 1 saturated heterocycles. The number of aromatic amines is 1. The molecule has 3 rings (SSSR count). The average Bonchev–Trinajstić information content (AvgIpc) is 2.83. The summed E-state index contributed by atoms with van der Waals surface area (Å²) in [5.74, 6) is 0.717. The summed E-state index contributed by atoms with van der Waals surface area (Å²) in [4.78, 5) is 30.2. The molecule has 0 unspecified atom stereocenters. The van der Waals surface area contributed by atoms with Crippen molar-refractivity contribution in [1.82, 2.24) is 9.55 Å². The number of nitrogens with zero attached hydrogens (tertiary/aromatic N) is 2. The molecule has 0 saturated carbocycles. The second-order valence-corrected chi connectivity index (χ2v) is 7.20. The van der Waals surface area contributed by atoms with E-state index in [1.54, 1.807) is 7.05 Å². The van der Waals surface area contributed by atoms with E-state index in [9.17, 15) is 9.59 Å². The highest BCUT2D eigenvalue weighted by Gasteiger charge is 2.19. The SMILES string of the molecule is Cc1cc(C)cc(Cc2c(N3CCCCCC3)[nH]c(=O)n(C)c2=O)c1. The van der Waals surface area contributed by atoms with E-state index < -0.39 is 0 Å². The minimum Gasteiger partial charge on any atom is -0.358 e. The Balaban J connectivity index is 2.08. The smallest absolute Gasteiger partial charge is 0.329 e. The van der Waals surface area contributed by atoms with Crippen molar-refractivity contribution >= 4 is 5.82 Å². The van der Waals surface area contributed by atoms with E-state index in [1.807, 2.05) is 0 Å². The second kappa shape index (κ2) is 7.30. The Labute approximate surface area is 148 Å². The third-order valence-electron chi connectivity index (χ3n) is 4.96. The molecule has 5 heteroatoms. The van der Waals surface area contributed by atoms with Crippen molar-refractivity contribution < 1.29 is 0 Å². The number of anilines is 1.